The van der Waals surface area contributed by atoms with Gasteiger partial charge in [-0.2, -0.15) is 11.8 Å². The van der Waals surface area contributed by atoms with Crippen molar-refractivity contribution in [2.75, 3.05) is 30.3 Å². The number of hydrogen-bond donors (Lipinski definition) is 1. The summed E-state index contributed by atoms with van der Waals surface area (Å²) in [5.74, 6) is 1.74. The first-order valence-corrected chi connectivity index (χ1v) is 14.4. The lowest BCUT2D eigenvalue weighted by Crippen LogP contribution is -2.41. The number of thioether (sulfide) groups is 1. The minimum atomic E-state index is -4.00. The quantitative estimate of drug-likeness (QED) is 0.313. The summed E-state index contributed by atoms with van der Waals surface area (Å²) >= 11 is 5.06. The first-order valence-electron chi connectivity index (χ1n) is 11.0. The van der Waals surface area contributed by atoms with E-state index in [9.17, 15) is 13.2 Å². The largest absolute Gasteiger partial charge is 0.496 e. The molecule has 0 aliphatic rings. The molecule has 0 spiro atoms. The van der Waals surface area contributed by atoms with Crippen molar-refractivity contribution in [1.29, 1.82) is 0 Å². The normalized spacial score (nSPS) is 11.2. The Morgan fingerprint density at radius 3 is 2.43 bits per heavy atom. The third-order valence-electron chi connectivity index (χ3n) is 5.24. The number of sulfonamides is 1. The van der Waals surface area contributed by atoms with Crippen molar-refractivity contribution >= 4 is 49.3 Å². The van der Waals surface area contributed by atoms with E-state index in [2.05, 4.69) is 46.4 Å². The molecule has 1 N–H and O–H groups in total. The van der Waals surface area contributed by atoms with Crippen LogP contribution in [0.15, 0.2) is 76.1 Å². The maximum Gasteiger partial charge on any atom is 0.264 e. The fourth-order valence-corrected chi connectivity index (χ4v) is 6.35. The van der Waals surface area contributed by atoms with Crippen molar-refractivity contribution in [3.8, 4) is 5.75 Å². The van der Waals surface area contributed by atoms with Crippen molar-refractivity contribution in [1.82, 2.24) is 5.32 Å². The molecular formula is C26H29BrN2O4S2. The number of methoxy groups -OCH3 is 1. The van der Waals surface area contributed by atoms with Crippen molar-refractivity contribution in [3.63, 3.8) is 0 Å². The van der Waals surface area contributed by atoms with Gasteiger partial charge in [0.1, 0.15) is 12.3 Å². The van der Waals surface area contributed by atoms with Gasteiger partial charge in [-0.1, -0.05) is 47.5 Å². The standard InChI is InChI=1S/C26H29BrN2O4S2/c1-19-7-9-22(10-8-19)29(35(31,32)23-11-12-25(33-3)24(27)16-23)17-26(30)28-13-14-34-18-21-6-4-5-20(2)15-21/h4-12,15-16H,13-14,17-18H2,1-3H3,(H,28,30). The number of hydrogen-bond acceptors (Lipinski definition) is 5. The predicted octanol–water partition coefficient (Wildman–Crippen LogP) is 5.32. The summed E-state index contributed by atoms with van der Waals surface area (Å²) in [5, 5.41) is 2.85. The molecule has 3 aromatic rings. The zero-order chi connectivity index (χ0) is 25.4. The van der Waals surface area contributed by atoms with Crippen LogP contribution in [0.3, 0.4) is 0 Å². The smallest absolute Gasteiger partial charge is 0.264 e. The van der Waals surface area contributed by atoms with Gasteiger partial charge in [-0.3, -0.25) is 9.10 Å². The molecule has 3 rings (SSSR count). The molecule has 0 aliphatic heterocycles. The highest BCUT2D eigenvalue weighted by molar-refractivity contribution is 9.10. The first-order chi connectivity index (χ1) is 16.7. The fourth-order valence-electron chi connectivity index (χ4n) is 3.40. The molecule has 0 atom stereocenters. The van der Waals surface area contributed by atoms with Gasteiger partial charge in [0, 0.05) is 18.1 Å². The van der Waals surface area contributed by atoms with Gasteiger partial charge < -0.3 is 10.1 Å². The lowest BCUT2D eigenvalue weighted by atomic mass is 10.2. The molecule has 6 nitrogen and oxygen atoms in total. The van der Waals surface area contributed by atoms with Gasteiger partial charge in [0.05, 0.1) is 22.2 Å². The van der Waals surface area contributed by atoms with Gasteiger partial charge >= 0.3 is 0 Å². The van der Waals surface area contributed by atoms with Crippen molar-refractivity contribution < 1.29 is 17.9 Å². The number of amides is 1. The molecule has 0 aromatic heterocycles. The Balaban J connectivity index is 1.68. The third-order valence-corrected chi connectivity index (χ3v) is 8.66. The van der Waals surface area contributed by atoms with Gasteiger partial charge in [-0.05, 0) is 65.7 Å². The van der Waals surface area contributed by atoms with Gasteiger partial charge in [0.15, 0.2) is 0 Å². The molecule has 186 valence electrons. The van der Waals surface area contributed by atoms with E-state index in [1.54, 1.807) is 30.0 Å². The minimum absolute atomic E-state index is 0.0623. The summed E-state index contributed by atoms with van der Waals surface area (Å²) in [6, 6.07) is 19.9. The molecule has 0 unspecified atom stereocenters. The summed E-state index contributed by atoms with van der Waals surface area (Å²) < 4.78 is 34.0. The topological polar surface area (TPSA) is 75.7 Å². The number of carbonyl (C=O) groups is 1. The average Bonchev–Trinajstić information content (AvgIpc) is 2.83. The van der Waals surface area contributed by atoms with E-state index in [-0.39, 0.29) is 17.3 Å². The molecular weight excluding hydrogens is 548 g/mol. The van der Waals surface area contributed by atoms with Crippen LogP contribution in [-0.2, 0) is 20.6 Å². The van der Waals surface area contributed by atoms with E-state index in [1.165, 1.54) is 30.4 Å². The highest BCUT2D eigenvalue weighted by atomic mass is 79.9. The SMILES string of the molecule is COc1ccc(S(=O)(=O)N(CC(=O)NCCSCc2cccc(C)c2)c2ccc(C)cc2)cc1Br. The Bertz CT molecular complexity index is 1260. The Hall–Kier alpha value is -2.49. The van der Waals surface area contributed by atoms with Crippen molar-refractivity contribution in [3.05, 3.63) is 87.9 Å². The van der Waals surface area contributed by atoms with Crippen LogP contribution in [0.2, 0.25) is 0 Å². The van der Waals surface area contributed by atoms with Crippen LogP contribution >= 0.6 is 27.7 Å². The fraction of sp³-hybridized carbons (Fsp3) is 0.269. The summed E-state index contributed by atoms with van der Waals surface area (Å²) in [6.45, 7) is 4.11. The van der Waals surface area contributed by atoms with Gasteiger partial charge in [0.2, 0.25) is 5.91 Å². The van der Waals surface area contributed by atoms with Crippen LogP contribution in [0.4, 0.5) is 5.69 Å². The molecule has 0 fully saturated rings. The molecule has 1 amide bonds. The highest BCUT2D eigenvalue weighted by Crippen LogP contribution is 2.30. The number of rotatable bonds is 11. The summed E-state index contributed by atoms with van der Waals surface area (Å²) in [5.41, 5.74) is 3.88. The van der Waals surface area contributed by atoms with E-state index >= 15 is 0 Å². The number of ether oxygens (including phenoxy) is 1. The second-order valence-electron chi connectivity index (χ2n) is 8.04. The number of carbonyl (C=O) groups excluding carboxylic acids is 1. The van der Waals surface area contributed by atoms with Gasteiger partial charge in [0.25, 0.3) is 10.0 Å². The van der Waals surface area contributed by atoms with Gasteiger partial charge in [-0.25, -0.2) is 8.42 Å². The Kier molecular flexibility index (Phi) is 9.65. The third kappa shape index (κ3) is 7.49. The van der Waals surface area contributed by atoms with E-state index < -0.39 is 10.0 Å². The first kappa shape index (κ1) is 27.1. The van der Waals surface area contributed by atoms with Crippen molar-refractivity contribution in [2.45, 2.75) is 24.5 Å². The average molecular weight is 578 g/mol. The lowest BCUT2D eigenvalue weighted by molar-refractivity contribution is -0.119. The number of aryl methyl sites for hydroxylation is 2. The molecule has 35 heavy (non-hydrogen) atoms. The maximum absolute atomic E-state index is 13.5. The minimum Gasteiger partial charge on any atom is -0.496 e. The Morgan fingerprint density at radius 2 is 1.77 bits per heavy atom. The highest BCUT2D eigenvalue weighted by Gasteiger charge is 2.28. The van der Waals surface area contributed by atoms with E-state index in [1.807, 2.05) is 25.1 Å². The number of nitrogens with one attached hydrogen (secondary N) is 1. The van der Waals surface area contributed by atoms with Crippen LogP contribution in [0.1, 0.15) is 16.7 Å². The number of benzene rings is 3. The summed E-state index contributed by atoms with van der Waals surface area (Å²) in [6.07, 6.45) is 0. The zero-order valence-corrected chi connectivity index (χ0v) is 23.2. The summed E-state index contributed by atoms with van der Waals surface area (Å²) in [7, 11) is -2.49. The number of anilines is 1. The predicted molar refractivity (Wildman–Crippen MR) is 147 cm³/mol. The van der Waals surface area contributed by atoms with Crippen molar-refractivity contribution in [2.24, 2.45) is 0 Å². The van der Waals surface area contributed by atoms with Gasteiger partial charge in [-0.15, -0.1) is 0 Å². The number of halogens is 1. The van der Waals surface area contributed by atoms with Crippen LogP contribution in [0.25, 0.3) is 0 Å². The molecule has 0 aliphatic carbocycles. The van der Waals surface area contributed by atoms with Crippen LogP contribution in [0, 0.1) is 13.8 Å². The van der Waals surface area contributed by atoms with Crippen LogP contribution in [-0.4, -0.2) is 40.3 Å². The van der Waals surface area contributed by atoms with Crippen LogP contribution in [0.5, 0.6) is 5.75 Å². The summed E-state index contributed by atoms with van der Waals surface area (Å²) in [4.78, 5) is 12.8. The van der Waals surface area contributed by atoms with Crippen LogP contribution < -0.4 is 14.4 Å². The molecule has 0 saturated heterocycles. The Labute approximate surface area is 220 Å². The molecule has 3 aromatic carbocycles. The molecule has 0 radical (unpaired) electrons. The lowest BCUT2D eigenvalue weighted by Gasteiger charge is -2.24. The molecule has 0 saturated carbocycles. The van der Waals surface area contributed by atoms with E-state index in [0.717, 1.165) is 21.4 Å². The zero-order valence-electron chi connectivity index (χ0n) is 20.0. The molecule has 9 heteroatoms. The molecule has 0 heterocycles. The monoisotopic (exact) mass is 576 g/mol. The maximum atomic E-state index is 13.5. The Morgan fingerprint density at radius 1 is 1.03 bits per heavy atom. The molecule has 0 bridgehead atoms. The van der Waals surface area contributed by atoms with E-state index in [0.29, 0.717) is 22.5 Å². The van der Waals surface area contributed by atoms with E-state index in [4.69, 9.17) is 4.74 Å². The number of nitrogens with zero attached hydrogens (tertiary/aromatic N) is 1. The second-order valence-corrected chi connectivity index (χ2v) is 11.9. The second kappa shape index (κ2) is 12.5.